The van der Waals surface area contributed by atoms with Crippen LogP contribution in [-0.2, 0) is 0 Å². The first kappa shape index (κ1) is 12.1. The van der Waals surface area contributed by atoms with Crippen LogP contribution in [0, 0.1) is 5.92 Å². The molecule has 1 fully saturated rings. The van der Waals surface area contributed by atoms with Gasteiger partial charge in [-0.15, -0.1) is 0 Å². The zero-order valence-electron chi connectivity index (χ0n) is 10.5. The number of fused-ring (bicyclic) bond motifs is 1. The van der Waals surface area contributed by atoms with Crippen LogP contribution in [0.1, 0.15) is 37.2 Å². The summed E-state index contributed by atoms with van der Waals surface area (Å²) in [5, 5.41) is 2.03. The van der Waals surface area contributed by atoms with E-state index in [2.05, 4.69) is 17.2 Å². The van der Waals surface area contributed by atoms with Crippen molar-refractivity contribution in [2.24, 2.45) is 11.7 Å². The fourth-order valence-corrected chi connectivity index (χ4v) is 3.61. The van der Waals surface area contributed by atoms with E-state index in [9.17, 15) is 0 Å². The summed E-state index contributed by atoms with van der Waals surface area (Å²) in [5.74, 6) is 1.22. The number of H-pyrrole nitrogens is 1. The van der Waals surface area contributed by atoms with Gasteiger partial charge < -0.3 is 10.7 Å². The zero-order valence-corrected chi connectivity index (χ0v) is 11.2. The Hall–Kier alpha value is -0.990. The minimum absolute atomic E-state index is 0.472. The van der Waals surface area contributed by atoms with Gasteiger partial charge in [-0.3, -0.25) is 0 Å². The number of para-hydroxylation sites is 1. The maximum Gasteiger partial charge on any atom is 0.0647 e. The fraction of sp³-hybridized carbons (Fsp3) is 0.467. The van der Waals surface area contributed by atoms with E-state index < -0.39 is 0 Å². The maximum atomic E-state index is 6.22. The van der Waals surface area contributed by atoms with Gasteiger partial charge in [0.05, 0.1) is 10.5 Å². The summed E-state index contributed by atoms with van der Waals surface area (Å²) in [7, 11) is 0. The van der Waals surface area contributed by atoms with Gasteiger partial charge in [0.2, 0.25) is 0 Å². The molecule has 3 N–H and O–H groups in total. The molecule has 1 aliphatic carbocycles. The third-order valence-electron chi connectivity index (χ3n) is 4.32. The van der Waals surface area contributed by atoms with E-state index in [0.29, 0.717) is 5.92 Å². The quantitative estimate of drug-likeness (QED) is 0.861. The summed E-state index contributed by atoms with van der Waals surface area (Å²) in [6.45, 7) is 0.726. The van der Waals surface area contributed by atoms with Crippen molar-refractivity contribution in [2.45, 2.75) is 31.6 Å². The molecule has 1 heterocycles. The molecule has 1 unspecified atom stereocenters. The molecule has 1 atom stereocenters. The number of nitrogens with two attached hydrogens (primary N) is 1. The van der Waals surface area contributed by atoms with Crippen molar-refractivity contribution < 1.29 is 0 Å². The van der Waals surface area contributed by atoms with E-state index in [1.165, 1.54) is 36.6 Å². The van der Waals surface area contributed by atoms with Crippen LogP contribution in [0.2, 0.25) is 5.02 Å². The summed E-state index contributed by atoms with van der Waals surface area (Å²) < 4.78 is 0. The molecule has 0 saturated heterocycles. The predicted octanol–water partition coefficient (Wildman–Crippen LogP) is 4.05. The normalized spacial score (nSPS) is 18.6. The largest absolute Gasteiger partial charge is 0.360 e. The number of benzene rings is 1. The van der Waals surface area contributed by atoms with E-state index >= 15 is 0 Å². The van der Waals surface area contributed by atoms with Gasteiger partial charge in [-0.05, 0) is 36.9 Å². The van der Waals surface area contributed by atoms with Crippen LogP contribution in [0.4, 0.5) is 0 Å². The van der Waals surface area contributed by atoms with Crippen LogP contribution in [0.25, 0.3) is 10.9 Å². The minimum atomic E-state index is 0.472. The van der Waals surface area contributed by atoms with Gasteiger partial charge in [-0.25, -0.2) is 0 Å². The molecule has 1 aromatic carbocycles. The SMILES string of the molecule is NCC(c1c[nH]c2c(Cl)cccc12)C1CCCC1. The molecular weight excluding hydrogens is 244 g/mol. The number of hydrogen-bond acceptors (Lipinski definition) is 1. The molecule has 96 valence electrons. The molecule has 0 spiro atoms. The average molecular weight is 263 g/mol. The first-order chi connectivity index (χ1) is 8.81. The monoisotopic (exact) mass is 262 g/mol. The van der Waals surface area contributed by atoms with Gasteiger partial charge in [0.15, 0.2) is 0 Å². The molecule has 1 aromatic heterocycles. The molecule has 0 amide bonds. The highest BCUT2D eigenvalue weighted by atomic mass is 35.5. The standard InChI is InChI=1S/C15H19ClN2/c16-14-7-3-6-11-13(9-18-15(11)14)12(8-17)10-4-1-2-5-10/h3,6-7,9-10,12,18H,1-2,4-5,8,17H2. The predicted molar refractivity (Wildman–Crippen MR) is 77.1 cm³/mol. The molecule has 1 saturated carbocycles. The maximum absolute atomic E-state index is 6.22. The van der Waals surface area contributed by atoms with Crippen LogP contribution >= 0.6 is 11.6 Å². The first-order valence-electron chi connectivity index (χ1n) is 6.77. The molecule has 1 aliphatic rings. The van der Waals surface area contributed by atoms with Crippen LogP contribution in [-0.4, -0.2) is 11.5 Å². The topological polar surface area (TPSA) is 41.8 Å². The average Bonchev–Trinajstić information content (AvgIpc) is 3.01. The Bertz CT molecular complexity index is 540. The number of aromatic amines is 1. The van der Waals surface area contributed by atoms with Gasteiger partial charge in [-0.2, -0.15) is 0 Å². The minimum Gasteiger partial charge on any atom is -0.360 e. The van der Waals surface area contributed by atoms with Crippen molar-refractivity contribution >= 4 is 22.5 Å². The lowest BCUT2D eigenvalue weighted by molar-refractivity contribution is 0.442. The van der Waals surface area contributed by atoms with E-state index in [-0.39, 0.29) is 0 Å². The fourth-order valence-electron chi connectivity index (χ4n) is 3.38. The second-order valence-corrected chi connectivity index (χ2v) is 5.70. The second kappa shape index (κ2) is 4.94. The molecular formula is C15H19ClN2. The Labute approximate surface area is 113 Å². The summed E-state index contributed by atoms with van der Waals surface area (Å²) in [5.41, 5.74) is 8.42. The van der Waals surface area contributed by atoms with Crippen LogP contribution in [0.3, 0.4) is 0 Å². The molecule has 0 aliphatic heterocycles. The smallest absolute Gasteiger partial charge is 0.0647 e. The van der Waals surface area contributed by atoms with E-state index in [1.807, 2.05) is 12.1 Å². The molecule has 18 heavy (non-hydrogen) atoms. The number of hydrogen-bond donors (Lipinski definition) is 2. The van der Waals surface area contributed by atoms with Gasteiger partial charge in [0.1, 0.15) is 0 Å². The van der Waals surface area contributed by atoms with E-state index in [1.54, 1.807) is 0 Å². The molecule has 0 bridgehead atoms. The lowest BCUT2D eigenvalue weighted by Gasteiger charge is -2.21. The van der Waals surface area contributed by atoms with Crippen molar-refractivity contribution in [1.29, 1.82) is 0 Å². The number of nitrogens with one attached hydrogen (secondary N) is 1. The van der Waals surface area contributed by atoms with Gasteiger partial charge in [0.25, 0.3) is 0 Å². The first-order valence-corrected chi connectivity index (χ1v) is 7.14. The number of rotatable bonds is 3. The highest BCUT2D eigenvalue weighted by molar-refractivity contribution is 6.35. The van der Waals surface area contributed by atoms with E-state index in [4.69, 9.17) is 17.3 Å². The number of aromatic nitrogens is 1. The van der Waals surface area contributed by atoms with Crippen LogP contribution in [0.5, 0.6) is 0 Å². The number of halogens is 1. The van der Waals surface area contributed by atoms with Crippen molar-refractivity contribution in [3.8, 4) is 0 Å². The highest BCUT2D eigenvalue weighted by Gasteiger charge is 2.27. The summed E-state index contributed by atoms with van der Waals surface area (Å²) >= 11 is 6.22. The Balaban J connectivity index is 2.04. The molecule has 3 heteroatoms. The van der Waals surface area contributed by atoms with Crippen molar-refractivity contribution in [3.05, 3.63) is 35.0 Å². The summed E-state index contributed by atoms with van der Waals surface area (Å²) in [6, 6.07) is 6.09. The Kier molecular flexibility index (Phi) is 3.31. The molecule has 3 rings (SSSR count). The van der Waals surface area contributed by atoms with Gasteiger partial charge in [-0.1, -0.05) is 36.6 Å². The highest BCUT2D eigenvalue weighted by Crippen LogP contribution is 2.40. The lowest BCUT2D eigenvalue weighted by Crippen LogP contribution is -2.19. The Morgan fingerprint density at radius 2 is 2.11 bits per heavy atom. The third-order valence-corrected chi connectivity index (χ3v) is 4.63. The third kappa shape index (κ3) is 1.94. The lowest BCUT2D eigenvalue weighted by atomic mass is 9.85. The van der Waals surface area contributed by atoms with Crippen molar-refractivity contribution in [2.75, 3.05) is 6.54 Å². The molecule has 2 nitrogen and oxygen atoms in total. The Morgan fingerprint density at radius 3 is 2.83 bits per heavy atom. The van der Waals surface area contributed by atoms with Crippen LogP contribution in [0.15, 0.2) is 24.4 Å². The van der Waals surface area contributed by atoms with Gasteiger partial charge in [0, 0.05) is 17.5 Å². The van der Waals surface area contributed by atoms with Crippen LogP contribution < -0.4 is 5.73 Å². The molecule has 0 radical (unpaired) electrons. The Morgan fingerprint density at radius 1 is 1.33 bits per heavy atom. The van der Waals surface area contributed by atoms with E-state index in [0.717, 1.165) is 23.0 Å². The summed E-state index contributed by atoms with van der Waals surface area (Å²) in [6.07, 6.45) is 7.44. The van der Waals surface area contributed by atoms with Gasteiger partial charge >= 0.3 is 0 Å². The molecule has 2 aromatic rings. The van der Waals surface area contributed by atoms with Crippen molar-refractivity contribution in [1.82, 2.24) is 4.98 Å². The summed E-state index contributed by atoms with van der Waals surface area (Å²) in [4.78, 5) is 3.31. The zero-order chi connectivity index (χ0) is 12.5. The second-order valence-electron chi connectivity index (χ2n) is 5.29. The van der Waals surface area contributed by atoms with Crippen molar-refractivity contribution in [3.63, 3.8) is 0 Å².